The van der Waals surface area contributed by atoms with Crippen LogP contribution < -0.4 is 14.7 Å². The molecule has 4 rings (SSSR count). The van der Waals surface area contributed by atoms with Gasteiger partial charge in [0.15, 0.2) is 13.0 Å². The number of amides is 2. The molecule has 10 nitrogen and oxygen atoms in total. The van der Waals surface area contributed by atoms with Crippen LogP contribution in [-0.2, 0) is 27.9 Å². The van der Waals surface area contributed by atoms with Gasteiger partial charge in [0.2, 0.25) is 11.6 Å². The molecule has 1 saturated heterocycles. The first-order valence-electron chi connectivity index (χ1n) is 9.82. The fourth-order valence-electron chi connectivity index (χ4n) is 3.68. The van der Waals surface area contributed by atoms with E-state index in [0.29, 0.717) is 16.9 Å². The standard InChI is InChI=1S/C20H22N4O6/c1-3-29-19(27)12-4-6-14(7-5-12)24-17(25)10-15(18(24)26)23(13-8-9-13)11-16-20(28)30-21-22(16)2/h4-7,13,15H,3,8-11H2,1-2H3. The topological polar surface area (TPSA) is 120 Å². The zero-order valence-electron chi connectivity index (χ0n) is 16.7. The highest BCUT2D eigenvalue weighted by Crippen LogP contribution is 2.35. The summed E-state index contributed by atoms with van der Waals surface area (Å²) in [4.78, 5) is 40.7. The van der Waals surface area contributed by atoms with Crippen LogP contribution in [0.3, 0.4) is 0 Å². The summed E-state index contributed by atoms with van der Waals surface area (Å²) in [5, 5.41) is 15.5. The number of aromatic nitrogens is 2. The van der Waals surface area contributed by atoms with E-state index in [1.807, 2.05) is 4.90 Å². The lowest BCUT2D eigenvalue weighted by Gasteiger charge is -2.25. The van der Waals surface area contributed by atoms with Gasteiger partial charge in [-0.3, -0.25) is 14.5 Å². The number of imide groups is 1. The van der Waals surface area contributed by atoms with Gasteiger partial charge in [-0.15, -0.1) is 0 Å². The van der Waals surface area contributed by atoms with Crippen molar-refractivity contribution in [1.82, 2.24) is 10.2 Å². The second-order valence-electron chi connectivity index (χ2n) is 7.39. The molecule has 1 aromatic carbocycles. The molecule has 2 fully saturated rings. The number of hydrogen-bond acceptors (Lipinski definition) is 8. The van der Waals surface area contributed by atoms with Gasteiger partial charge in [0.05, 0.1) is 42.1 Å². The Balaban J connectivity index is 1.55. The van der Waals surface area contributed by atoms with E-state index in [2.05, 4.69) is 9.79 Å². The third kappa shape index (κ3) is 3.65. The fraction of sp³-hybridized carbons (Fsp3) is 0.450. The first-order valence-corrected chi connectivity index (χ1v) is 9.82. The van der Waals surface area contributed by atoms with E-state index in [9.17, 15) is 19.5 Å². The number of hydrogen-bond donors (Lipinski definition) is 0. The van der Waals surface area contributed by atoms with Crippen molar-refractivity contribution < 1.29 is 33.4 Å². The second-order valence-corrected chi connectivity index (χ2v) is 7.39. The van der Waals surface area contributed by atoms with Crippen LogP contribution in [0.15, 0.2) is 28.8 Å². The van der Waals surface area contributed by atoms with Crippen molar-refractivity contribution >= 4 is 23.5 Å². The van der Waals surface area contributed by atoms with Gasteiger partial charge in [-0.25, -0.2) is 9.69 Å². The summed E-state index contributed by atoms with van der Waals surface area (Å²) in [7, 11) is 1.60. The van der Waals surface area contributed by atoms with Gasteiger partial charge in [-0.2, -0.15) is 0 Å². The van der Waals surface area contributed by atoms with E-state index in [1.54, 1.807) is 26.1 Å². The van der Waals surface area contributed by atoms with E-state index >= 15 is 0 Å². The Labute approximate surface area is 172 Å². The van der Waals surface area contributed by atoms with E-state index in [-0.39, 0.29) is 37.4 Å². The minimum atomic E-state index is -0.663. The molecule has 158 valence electrons. The molecular formula is C20H22N4O6. The van der Waals surface area contributed by atoms with Crippen LogP contribution >= 0.6 is 0 Å². The molecule has 30 heavy (non-hydrogen) atoms. The molecule has 0 spiro atoms. The van der Waals surface area contributed by atoms with E-state index in [0.717, 1.165) is 17.7 Å². The zero-order valence-corrected chi connectivity index (χ0v) is 16.7. The van der Waals surface area contributed by atoms with Crippen molar-refractivity contribution in [2.24, 2.45) is 7.05 Å². The van der Waals surface area contributed by atoms with Crippen molar-refractivity contribution in [2.45, 2.75) is 44.8 Å². The Kier molecular flexibility index (Phi) is 5.25. The molecule has 0 radical (unpaired) electrons. The second kappa shape index (κ2) is 7.86. The molecule has 1 aliphatic heterocycles. The molecule has 2 heterocycles. The maximum Gasteiger partial charge on any atom is 0.338 e. The molecule has 1 saturated carbocycles. The quantitative estimate of drug-likeness (QED) is 0.354. The number of carbonyl (C=O) groups is 3. The van der Waals surface area contributed by atoms with Crippen LogP contribution in [0.5, 0.6) is 5.95 Å². The number of nitrogens with zero attached hydrogens (tertiary/aromatic N) is 4. The Morgan fingerprint density at radius 1 is 1.33 bits per heavy atom. The molecule has 2 aromatic rings. The summed E-state index contributed by atoms with van der Waals surface area (Å²) in [6.45, 7) is 2.16. The maximum atomic E-state index is 13.2. The van der Waals surface area contributed by atoms with Crippen LogP contribution in [0, 0.1) is 0 Å². The summed E-state index contributed by atoms with van der Waals surface area (Å²) in [6.07, 6.45) is 1.82. The number of rotatable bonds is 7. The number of ether oxygens (including phenoxy) is 1. The molecule has 0 bridgehead atoms. The van der Waals surface area contributed by atoms with Crippen molar-refractivity contribution in [3.05, 3.63) is 35.5 Å². The van der Waals surface area contributed by atoms with Gasteiger partial charge in [0.25, 0.3) is 5.91 Å². The van der Waals surface area contributed by atoms with Gasteiger partial charge in [-0.1, -0.05) is 4.68 Å². The number of carbonyl (C=O) groups excluding carboxylic acids is 3. The molecule has 1 atom stereocenters. The molecule has 2 amide bonds. The Morgan fingerprint density at radius 2 is 2.03 bits per heavy atom. The predicted molar refractivity (Wildman–Crippen MR) is 99.0 cm³/mol. The Bertz CT molecular complexity index is 962. The highest BCUT2D eigenvalue weighted by atomic mass is 16.6. The lowest BCUT2D eigenvalue weighted by atomic mass is 10.2. The fourth-order valence-corrected chi connectivity index (χ4v) is 3.68. The summed E-state index contributed by atoms with van der Waals surface area (Å²) in [5.74, 6) is -1.68. The highest BCUT2D eigenvalue weighted by molar-refractivity contribution is 6.22. The summed E-state index contributed by atoms with van der Waals surface area (Å²) in [6, 6.07) is 5.64. The largest absolute Gasteiger partial charge is 0.539 e. The number of benzene rings is 1. The highest BCUT2D eigenvalue weighted by Gasteiger charge is 2.47. The minimum absolute atomic E-state index is 0.0259. The summed E-state index contributed by atoms with van der Waals surface area (Å²) >= 11 is 0. The van der Waals surface area contributed by atoms with Crippen molar-refractivity contribution in [1.29, 1.82) is 0 Å². The zero-order chi connectivity index (χ0) is 21.4. The predicted octanol–water partition coefficient (Wildman–Crippen LogP) is 0.0459. The number of anilines is 1. The normalized spacial score (nSPS) is 19.0. The summed E-state index contributed by atoms with van der Waals surface area (Å²) in [5.41, 5.74) is 1.08. The first kappa shape index (κ1) is 20.0. The van der Waals surface area contributed by atoms with Gasteiger partial charge in [0, 0.05) is 6.04 Å². The van der Waals surface area contributed by atoms with Crippen molar-refractivity contribution in [3.63, 3.8) is 0 Å². The van der Waals surface area contributed by atoms with Crippen molar-refractivity contribution in [3.8, 4) is 5.95 Å². The third-order valence-corrected chi connectivity index (χ3v) is 5.38. The van der Waals surface area contributed by atoms with Gasteiger partial charge in [-0.05, 0) is 44.0 Å². The molecule has 1 unspecified atom stereocenters. The van der Waals surface area contributed by atoms with E-state index < -0.39 is 18.0 Å². The molecule has 1 aromatic heterocycles. The Hall–Kier alpha value is -3.27. The monoisotopic (exact) mass is 414 g/mol. The first-order chi connectivity index (χ1) is 14.4. The average molecular weight is 414 g/mol. The Morgan fingerprint density at radius 3 is 2.60 bits per heavy atom. The lowest BCUT2D eigenvalue weighted by Crippen LogP contribution is -2.46. The molecule has 1 aliphatic carbocycles. The van der Waals surface area contributed by atoms with E-state index in [4.69, 9.17) is 4.74 Å². The summed E-state index contributed by atoms with van der Waals surface area (Å²) < 4.78 is 11.0. The third-order valence-electron chi connectivity index (χ3n) is 5.38. The average Bonchev–Trinajstić information content (AvgIpc) is 3.46. The van der Waals surface area contributed by atoms with Crippen molar-refractivity contribution in [2.75, 3.05) is 11.5 Å². The molecule has 2 aliphatic rings. The van der Waals surface area contributed by atoms with Gasteiger partial charge < -0.3 is 14.4 Å². The minimum Gasteiger partial charge on any atom is -0.539 e. The number of aryl methyl sites for hydroxylation is 1. The maximum absolute atomic E-state index is 13.2. The van der Waals surface area contributed by atoms with E-state index in [1.165, 1.54) is 16.8 Å². The smallest absolute Gasteiger partial charge is 0.338 e. The molecular weight excluding hydrogens is 392 g/mol. The van der Waals surface area contributed by atoms with Crippen LogP contribution in [0.25, 0.3) is 0 Å². The SMILES string of the molecule is CCOC(=O)c1ccc(N2C(=O)CC(N(Cc3c([O-])on[n+]3C)C3CC3)C2=O)cc1. The van der Waals surface area contributed by atoms with Gasteiger partial charge in [0.1, 0.15) is 0 Å². The molecule has 0 N–H and O–H groups in total. The number of esters is 1. The lowest BCUT2D eigenvalue weighted by molar-refractivity contribution is -0.747. The van der Waals surface area contributed by atoms with Crippen LogP contribution in [0.1, 0.15) is 42.2 Å². The van der Waals surface area contributed by atoms with Crippen LogP contribution in [0.4, 0.5) is 5.69 Å². The van der Waals surface area contributed by atoms with Crippen LogP contribution in [0.2, 0.25) is 0 Å². The molecule has 10 heteroatoms. The van der Waals surface area contributed by atoms with Gasteiger partial charge >= 0.3 is 5.97 Å². The van der Waals surface area contributed by atoms with Crippen LogP contribution in [-0.4, -0.2) is 46.6 Å².